The van der Waals surface area contributed by atoms with E-state index in [4.69, 9.17) is 9.47 Å². The summed E-state index contributed by atoms with van der Waals surface area (Å²) in [6, 6.07) is 22.7. The molecular weight excluding hydrogens is 530 g/mol. The Bertz CT molecular complexity index is 1520. The molecule has 0 saturated carbocycles. The van der Waals surface area contributed by atoms with Gasteiger partial charge in [0.2, 0.25) is 0 Å². The summed E-state index contributed by atoms with van der Waals surface area (Å²) < 4.78 is 91.0. The number of alkyl halides is 6. The predicted molar refractivity (Wildman–Crippen MR) is 141 cm³/mol. The van der Waals surface area contributed by atoms with Gasteiger partial charge in [0.25, 0.3) is 0 Å². The van der Waals surface area contributed by atoms with E-state index in [0.29, 0.717) is 28.2 Å². The second-order valence-corrected chi connectivity index (χ2v) is 9.52. The molecular formula is C32H24F6O2. The Balaban J connectivity index is 1.75. The first-order chi connectivity index (χ1) is 19.0. The molecule has 0 N–H and O–H groups in total. The van der Waals surface area contributed by atoms with Gasteiger partial charge in [0.1, 0.15) is 11.5 Å². The van der Waals surface area contributed by atoms with Crippen LogP contribution in [-0.2, 0) is 12.4 Å². The van der Waals surface area contributed by atoms with Crippen molar-refractivity contribution in [2.45, 2.75) is 24.2 Å². The first kappa shape index (κ1) is 27.4. The smallest absolute Gasteiger partial charge is 0.416 e. The zero-order chi connectivity index (χ0) is 28.7. The van der Waals surface area contributed by atoms with Crippen molar-refractivity contribution in [2.24, 2.45) is 0 Å². The number of fused-ring (bicyclic) bond motifs is 1. The van der Waals surface area contributed by atoms with E-state index in [0.717, 1.165) is 41.0 Å². The van der Waals surface area contributed by atoms with Gasteiger partial charge in [0.15, 0.2) is 0 Å². The number of halogens is 6. The van der Waals surface area contributed by atoms with Crippen LogP contribution in [0.2, 0.25) is 0 Å². The number of hydrogen-bond donors (Lipinski definition) is 0. The molecule has 0 unspecified atom stereocenters. The number of rotatable bonds is 5. The molecule has 8 heteroatoms. The third-order valence-corrected chi connectivity index (χ3v) is 7.23. The Morgan fingerprint density at radius 2 is 1.02 bits per heavy atom. The highest BCUT2D eigenvalue weighted by Crippen LogP contribution is 2.52. The van der Waals surface area contributed by atoms with Crippen molar-refractivity contribution in [2.75, 3.05) is 14.2 Å². The van der Waals surface area contributed by atoms with Crippen molar-refractivity contribution in [1.29, 1.82) is 0 Å². The lowest BCUT2D eigenvalue weighted by Gasteiger charge is -2.36. The number of allylic oxidation sites excluding steroid dienone is 1. The minimum atomic E-state index is -4.51. The first-order valence-corrected chi connectivity index (χ1v) is 12.4. The molecule has 0 aliphatic heterocycles. The van der Waals surface area contributed by atoms with Crippen LogP contribution >= 0.6 is 0 Å². The maximum absolute atomic E-state index is 13.4. The molecule has 0 fully saturated rings. The molecule has 4 aromatic rings. The van der Waals surface area contributed by atoms with E-state index < -0.39 is 35.3 Å². The van der Waals surface area contributed by atoms with Crippen molar-refractivity contribution in [3.63, 3.8) is 0 Å². The van der Waals surface area contributed by atoms with Crippen LogP contribution < -0.4 is 9.47 Å². The second-order valence-electron chi connectivity index (χ2n) is 9.52. The SMILES string of the molecule is COc1ccc([C@@H]2c3cc(OC)ccc3C=C(c3ccc(C(F)(F)F)cc3)[C@H]2c2ccc(C(F)(F)F)cc2)cc1. The molecule has 0 saturated heterocycles. The van der Waals surface area contributed by atoms with Crippen molar-refractivity contribution in [3.8, 4) is 11.5 Å². The van der Waals surface area contributed by atoms with E-state index >= 15 is 0 Å². The Labute approximate surface area is 227 Å². The summed E-state index contributed by atoms with van der Waals surface area (Å²) in [4.78, 5) is 0. The van der Waals surface area contributed by atoms with Crippen LogP contribution in [0.1, 0.15) is 50.8 Å². The number of ether oxygens (including phenoxy) is 2. The summed E-state index contributed by atoms with van der Waals surface area (Å²) >= 11 is 0. The van der Waals surface area contributed by atoms with Gasteiger partial charge in [0, 0.05) is 11.8 Å². The topological polar surface area (TPSA) is 18.5 Å². The molecule has 2 atom stereocenters. The third-order valence-electron chi connectivity index (χ3n) is 7.23. The average molecular weight is 555 g/mol. The molecule has 0 aromatic heterocycles. The predicted octanol–water partition coefficient (Wildman–Crippen LogP) is 9.21. The van der Waals surface area contributed by atoms with Crippen LogP contribution in [0.15, 0.2) is 91.0 Å². The van der Waals surface area contributed by atoms with Gasteiger partial charge in [-0.05, 0) is 81.9 Å². The summed E-state index contributed by atoms with van der Waals surface area (Å²) in [5.41, 5.74) is 2.83. The Hall–Kier alpha value is -4.20. The monoisotopic (exact) mass is 554 g/mol. The highest BCUT2D eigenvalue weighted by atomic mass is 19.4. The zero-order valence-corrected chi connectivity index (χ0v) is 21.5. The van der Waals surface area contributed by atoms with E-state index in [-0.39, 0.29) is 0 Å². The van der Waals surface area contributed by atoms with Gasteiger partial charge in [-0.25, -0.2) is 0 Å². The van der Waals surface area contributed by atoms with Crippen molar-refractivity contribution < 1.29 is 35.8 Å². The fraction of sp³-hybridized carbons (Fsp3) is 0.188. The van der Waals surface area contributed by atoms with Gasteiger partial charge in [-0.15, -0.1) is 0 Å². The summed E-state index contributed by atoms with van der Waals surface area (Å²) in [5.74, 6) is 0.326. The molecule has 5 rings (SSSR count). The van der Waals surface area contributed by atoms with Crippen LogP contribution in [0.5, 0.6) is 11.5 Å². The minimum Gasteiger partial charge on any atom is -0.497 e. The third kappa shape index (κ3) is 5.30. The molecule has 0 amide bonds. The quantitative estimate of drug-likeness (QED) is 0.229. The van der Waals surface area contributed by atoms with Crippen molar-refractivity contribution in [3.05, 3.63) is 130 Å². The zero-order valence-electron chi connectivity index (χ0n) is 21.5. The molecule has 0 radical (unpaired) electrons. The van der Waals surface area contributed by atoms with Gasteiger partial charge in [0.05, 0.1) is 25.3 Å². The lowest BCUT2D eigenvalue weighted by molar-refractivity contribution is -0.138. The highest BCUT2D eigenvalue weighted by Gasteiger charge is 2.37. The summed E-state index contributed by atoms with van der Waals surface area (Å²) in [7, 11) is 3.09. The van der Waals surface area contributed by atoms with Crippen molar-refractivity contribution in [1.82, 2.24) is 0 Å². The van der Waals surface area contributed by atoms with E-state index in [1.54, 1.807) is 32.4 Å². The van der Waals surface area contributed by atoms with Gasteiger partial charge in [-0.1, -0.05) is 48.5 Å². The minimum absolute atomic E-state index is 0.393. The molecule has 40 heavy (non-hydrogen) atoms. The maximum Gasteiger partial charge on any atom is 0.416 e. The molecule has 206 valence electrons. The fourth-order valence-electron chi connectivity index (χ4n) is 5.25. The van der Waals surface area contributed by atoms with Gasteiger partial charge in [-0.2, -0.15) is 26.3 Å². The molecule has 0 spiro atoms. The van der Waals surface area contributed by atoms with E-state index in [1.165, 1.54) is 24.3 Å². The molecule has 0 heterocycles. The van der Waals surface area contributed by atoms with E-state index in [2.05, 4.69) is 0 Å². The summed E-state index contributed by atoms with van der Waals surface area (Å²) in [6.45, 7) is 0. The summed E-state index contributed by atoms with van der Waals surface area (Å²) in [5, 5.41) is 0. The average Bonchev–Trinajstić information content (AvgIpc) is 2.95. The van der Waals surface area contributed by atoms with Crippen LogP contribution in [0.25, 0.3) is 11.6 Å². The maximum atomic E-state index is 13.4. The summed E-state index contributed by atoms with van der Waals surface area (Å²) in [6.07, 6.45) is -7.12. The van der Waals surface area contributed by atoms with Gasteiger partial charge >= 0.3 is 12.4 Å². The molecule has 1 aliphatic rings. The van der Waals surface area contributed by atoms with E-state index in [9.17, 15) is 26.3 Å². The van der Waals surface area contributed by atoms with Crippen LogP contribution in [0, 0.1) is 0 Å². The van der Waals surface area contributed by atoms with Gasteiger partial charge < -0.3 is 9.47 Å². The first-order valence-electron chi connectivity index (χ1n) is 12.4. The molecule has 4 aromatic carbocycles. The Kier molecular flexibility index (Phi) is 7.12. The largest absolute Gasteiger partial charge is 0.497 e. The fourth-order valence-corrected chi connectivity index (χ4v) is 5.25. The van der Waals surface area contributed by atoms with Crippen LogP contribution in [0.3, 0.4) is 0 Å². The lowest BCUT2D eigenvalue weighted by Crippen LogP contribution is -2.20. The Morgan fingerprint density at radius 3 is 1.55 bits per heavy atom. The van der Waals surface area contributed by atoms with Crippen LogP contribution in [-0.4, -0.2) is 14.2 Å². The molecule has 2 nitrogen and oxygen atoms in total. The number of hydrogen-bond acceptors (Lipinski definition) is 2. The Morgan fingerprint density at radius 1 is 0.550 bits per heavy atom. The lowest BCUT2D eigenvalue weighted by atomic mass is 9.67. The molecule has 1 aliphatic carbocycles. The standard InChI is InChI=1S/C32H24F6O2/c1-39-25-14-7-21(8-15-25)30-28-18-26(40-2)16-9-22(28)17-27(19-3-10-23(11-4-19)31(33,34)35)29(30)20-5-12-24(13-6-20)32(36,37)38/h3-18,29-30H,1-2H3/t29-,30-/m1/s1. The van der Waals surface area contributed by atoms with Crippen LogP contribution in [0.4, 0.5) is 26.3 Å². The van der Waals surface area contributed by atoms with Crippen molar-refractivity contribution >= 4 is 11.6 Å². The number of methoxy groups -OCH3 is 2. The second kappa shape index (κ2) is 10.4. The van der Waals surface area contributed by atoms with E-state index in [1.807, 2.05) is 30.3 Å². The normalized spacial score (nSPS) is 17.1. The molecule has 0 bridgehead atoms. The number of benzene rings is 4. The highest BCUT2D eigenvalue weighted by molar-refractivity contribution is 5.90. The van der Waals surface area contributed by atoms with Gasteiger partial charge in [-0.3, -0.25) is 0 Å².